The molecule has 0 aliphatic heterocycles. The zero-order chi connectivity index (χ0) is 13.7. The number of nitriles is 1. The summed E-state index contributed by atoms with van der Waals surface area (Å²) in [6.07, 6.45) is 2.93. The number of hydrogen-bond acceptors (Lipinski definition) is 4. The second-order valence-electron chi connectivity index (χ2n) is 4.24. The lowest BCUT2D eigenvalue weighted by atomic mass is 10.1. The molecule has 0 fully saturated rings. The normalized spacial score (nSPS) is 10.1. The molecule has 0 aliphatic carbocycles. The van der Waals surface area contributed by atoms with Crippen LogP contribution in [-0.4, -0.2) is 0 Å². The number of hydrogen-bond donors (Lipinski definition) is 1. The smallest absolute Gasteiger partial charge is 0.187 e. The van der Waals surface area contributed by atoms with E-state index in [0.717, 1.165) is 35.6 Å². The van der Waals surface area contributed by atoms with E-state index in [2.05, 4.69) is 13.0 Å². The van der Waals surface area contributed by atoms with Crippen LogP contribution in [0.5, 0.6) is 10.8 Å². The van der Waals surface area contributed by atoms with Crippen molar-refractivity contribution in [1.82, 2.24) is 0 Å². The molecule has 0 aliphatic rings. The average molecular weight is 272 g/mol. The van der Waals surface area contributed by atoms with Gasteiger partial charge in [0.05, 0.1) is 5.56 Å². The van der Waals surface area contributed by atoms with E-state index in [1.165, 1.54) is 11.3 Å². The third kappa shape index (κ3) is 3.07. The van der Waals surface area contributed by atoms with E-state index in [-0.39, 0.29) is 0 Å². The molecule has 4 heteroatoms. The Labute approximate surface area is 117 Å². The van der Waals surface area contributed by atoms with E-state index in [0.29, 0.717) is 10.6 Å². The molecule has 0 amide bonds. The summed E-state index contributed by atoms with van der Waals surface area (Å²) in [6, 6.07) is 11.8. The molecule has 0 radical (unpaired) electrons. The first-order chi connectivity index (χ1) is 9.26. The van der Waals surface area contributed by atoms with E-state index >= 15 is 0 Å². The molecule has 3 nitrogen and oxygen atoms in total. The molecule has 1 aromatic carbocycles. The summed E-state index contributed by atoms with van der Waals surface area (Å²) < 4.78 is 5.86. The minimum absolute atomic E-state index is 0.541. The largest absolute Gasteiger partial charge is 0.446 e. The fraction of sp³-hybridized carbons (Fsp3) is 0.267. The van der Waals surface area contributed by atoms with E-state index in [9.17, 15) is 5.26 Å². The summed E-state index contributed by atoms with van der Waals surface area (Å²) in [5, 5.41) is 10.5. The molecule has 0 saturated heterocycles. The quantitative estimate of drug-likeness (QED) is 0.881. The SMILES string of the molecule is CCCCc1c(Oc2ccccc2)sc(N)c1C#N. The van der Waals surface area contributed by atoms with E-state index in [4.69, 9.17) is 10.5 Å². The van der Waals surface area contributed by atoms with E-state index < -0.39 is 0 Å². The number of thiophene rings is 1. The zero-order valence-corrected chi connectivity index (χ0v) is 11.7. The topological polar surface area (TPSA) is 59.0 Å². The third-order valence-corrected chi connectivity index (χ3v) is 3.78. The second-order valence-corrected chi connectivity index (χ2v) is 5.25. The van der Waals surface area contributed by atoms with E-state index in [1.807, 2.05) is 30.3 Å². The van der Waals surface area contributed by atoms with Crippen molar-refractivity contribution in [1.29, 1.82) is 5.26 Å². The van der Waals surface area contributed by atoms with Crippen LogP contribution in [0.4, 0.5) is 5.00 Å². The first kappa shape index (κ1) is 13.4. The van der Waals surface area contributed by atoms with Crippen LogP contribution in [0.1, 0.15) is 30.9 Å². The summed E-state index contributed by atoms with van der Waals surface area (Å²) in [6.45, 7) is 2.12. The molecule has 0 spiro atoms. The second kappa shape index (κ2) is 6.26. The molecule has 0 bridgehead atoms. The van der Waals surface area contributed by atoms with Crippen molar-refractivity contribution in [3.63, 3.8) is 0 Å². The number of nitrogens with two attached hydrogens (primary N) is 1. The first-order valence-electron chi connectivity index (χ1n) is 6.30. The highest BCUT2D eigenvalue weighted by Gasteiger charge is 2.17. The number of anilines is 1. The van der Waals surface area contributed by atoms with Gasteiger partial charge in [0.25, 0.3) is 0 Å². The Bertz CT molecular complexity index is 584. The van der Waals surface area contributed by atoms with Gasteiger partial charge in [-0.15, -0.1) is 0 Å². The molecule has 2 N–H and O–H groups in total. The summed E-state index contributed by atoms with van der Waals surface area (Å²) in [5.74, 6) is 0.769. The van der Waals surface area contributed by atoms with Crippen molar-refractivity contribution in [2.24, 2.45) is 0 Å². The van der Waals surface area contributed by atoms with Crippen molar-refractivity contribution in [3.8, 4) is 16.9 Å². The van der Waals surface area contributed by atoms with Gasteiger partial charge < -0.3 is 10.5 Å². The Hall–Kier alpha value is -1.99. The van der Waals surface area contributed by atoms with Gasteiger partial charge in [0, 0.05) is 5.56 Å². The van der Waals surface area contributed by atoms with Crippen molar-refractivity contribution < 1.29 is 4.74 Å². The molecule has 1 heterocycles. The van der Waals surface area contributed by atoms with Gasteiger partial charge in [-0.2, -0.15) is 5.26 Å². The standard InChI is InChI=1S/C15H16N2OS/c1-2-3-9-12-13(10-16)14(17)19-15(12)18-11-7-5-4-6-8-11/h4-8H,2-3,9,17H2,1H3. The molecule has 1 aromatic heterocycles. The lowest BCUT2D eigenvalue weighted by molar-refractivity contribution is 0.489. The molecule has 0 unspecified atom stereocenters. The van der Waals surface area contributed by atoms with Crippen LogP contribution >= 0.6 is 11.3 Å². The van der Waals surface area contributed by atoms with Crippen LogP contribution in [0.15, 0.2) is 30.3 Å². The Morgan fingerprint density at radius 3 is 2.68 bits per heavy atom. The predicted octanol–water partition coefficient (Wildman–Crippen LogP) is 4.34. The highest BCUT2D eigenvalue weighted by molar-refractivity contribution is 7.18. The number of nitrogen functional groups attached to an aromatic ring is 1. The maximum absolute atomic E-state index is 9.20. The maximum Gasteiger partial charge on any atom is 0.187 e. The Kier molecular flexibility index (Phi) is 4.43. The number of rotatable bonds is 5. The number of para-hydroxylation sites is 1. The number of unbranched alkanes of at least 4 members (excludes halogenated alkanes) is 1. The van der Waals surface area contributed by atoms with E-state index in [1.54, 1.807) is 0 Å². The maximum atomic E-state index is 9.20. The van der Waals surface area contributed by atoms with Crippen molar-refractivity contribution in [2.75, 3.05) is 5.73 Å². The van der Waals surface area contributed by atoms with Crippen LogP contribution in [0.25, 0.3) is 0 Å². The van der Waals surface area contributed by atoms with Gasteiger partial charge in [0.1, 0.15) is 16.8 Å². The van der Waals surface area contributed by atoms with Crippen molar-refractivity contribution >= 4 is 16.3 Å². The van der Waals surface area contributed by atoms with Gasteiger partial charge in [-0.1, -0.05) is 42.9 Å². The molecular weight excluding hydrogens is 256 g/mol. The predicted molar refractivity (Wildman–Crippen MR) is 78.6 cm³/mol. The molecule has 2 aromatic rings. The fourth-order valence-electron chi connectivity index (χ4n) is 1.84. The van der Waals surface area contributed by atoms with Gasteiger partial charge in [0.15, 0.2) is 5.06 Å². The number of ether oxygens (including phenoxy) is 1. The molecular formula is C15H16N2OS. The van der Waals surface area contributed by atoms with Crippen LogP contribution in [0.3, 0.4) is 0 Å². The Balaban J connectivity index is 2.32. The fourth-order valence-corrected chi connectivity index (χ4v) is 2.78. The van der Waals surface area contributed by atoms with Crippen LogP contribution in [-0.2, 0) is 6.42 Å². The summed E-state index contributed by atoms with van der Waals surface area (Å²) in [4.78, 5) is 0. The molecule has 19 heavy (non-hydrogen) atoms. The van der Waals surface area contributed by atoms with Crippen LogP contribution in [0, 0.1) is 11.3 Å². The lowest BCUT2D eigenvalue weighted by Crippen LogP contribution is -1.92. The highest BCUT2D eigenvalue weighted by atomic mass is 32.1. The van der Waals surface area contributed by atoms with Gasteiger partial charge in [0.2, 0.25) is 0 Å². The highest BCUT2D eigenvalue weighted by Crippen LogP contribution is 2.40. The Morgan fingerprint density at radius 2 is 2.05 bits per heavy atom. The molecule has 98 valence electrons. The number of benzene rings is 1. The monoisotopic (exact) mass is 272 g/mol. The minimum atomic E-state index is 0.541. The van der Waals surface area contributed by atoms with Crippen LogP contribution < -0.4 is 10.5 Å². The lowest BCUT2D eigenvalue weighted by Gasteiger charge is -2.06. The molecule has 2 rings (SSSR count). The van der Waals surface area contributed by atoms with Crippen LogP contribution in [0.2, 0.25) is 0 Å². The third-order valence-electron chi connectivity index (χ3n) is 2.84. The molecule has 0 atom stereocenters. The van der Waals surface area contributed by atoms with Crippen molar-refractivity contribution in [3.05, 3.63) is 41.5 Å². The first-order valence-corrected chi connectivity index (χ1v) is 7.12. The van der Waals surface area contributed by atoms with Gasteiger partial charge in [-0.05, 0) is 25.0 Å². The average Bonchev–Trinajstić information content (AvgIpc) is 2.72. The van der Waals surface area contributed by atoms with Crippen molar-refractivity contribution in [2.45, 2.75) is 26.2 Å². The molecule has 0 saturated carbocycles. The zero-order valence-electron chi connectivity index (χ0n) is 10.8. The number of nitrogens with zero attached hydrogens (tertiary/aromatic N) is 1. The summed E-state index contributed by atoms with van der Waals surface area (Å²) in [5.41, 5.74) is 7.41. The Morgan fingerprint density at radius 1 is 1.32 bits per heavy atom. The summed E-state index contributed by atoms with van der Waals surface area (Å²) in [7, 11) is 0. The van der Waals surface area contributed by atoms with Gasteiger partial charge in [-0.3, -0.25) is 0 Å². The van der Waals surface area contributed by atoms with Gasteiger partial charge >= 0.3 is 0 Å². The minimum Gasteiger partial charge on any atom is -0.446 e. The summed E-state index contributed by atoms with van der Waals surface area (Å²) >= 11 is 1.34. The van der Waals surface area contributed by atoms with Gasteiger partial charge in [-0.25, -0.2) is 0 Å².